The van der Waals surface area contributed by atoms with Gasteiger partial charge in [-0.1, -0.05) is 38.1 Å². The van der Waals surface area contributed by atoms with Gasteiger partial charge in [0, 0.05) is 32.7 Å². The molecule has 0 saturated carbocycles. The summed E-state index contributed by atoms with van der Waals surface area (Å²) in [5, 5.41) is 6.67. The van der Waals surface area contributed by atoms with Gasteiger partial charge in [0.15, 0.2) is 5.96 Å². The van der Waals surface area contributed by atoms with E-state index in [9.17, 15) is 0 Å². The van der Waals surface area contributed by atoms with Crippen molar-refractivity contribution in [1.82, 2.24) is 15.5 Å². The zero-order chi connectivity index (χ0) is 17.2. The van der Waals surface area contributed by atoms with Crippen molar-refractivity contribution < 1.29 is 4.74 Å². The molecule has 0 bridgehead atoms. The average Bonchev–Trinajstić information content (AvgIpc) is 2.59. The Kier molecular flexibility index (Phi) is 11.1. The number of benzene rings is 1. The zero-order valence-corrected chi connectivity index (χ0v) is 18.1. The lowest BCUT2D eigenvalue weighted by molar-refractivity contribution is 0.0342. The number of aliphatic imine (C=N–C) groups is 1. The molecule has 142 valence electrons. The van der Waals surface area contributed by atoms with E-state index in [1.807, 2.05) is 0 Å². The largest absolute Gasteiger partial charge is 0.379 e. The number of hydrogen-bond donors (Lipinski definition) is 2. The van der Waals surface area contributed by atoms with Crippen molar-refractivity contribution >= 4 is 29.9 Å². The molecule has 1 aliphatic rings. The van der Waals surface area contributed by atoms with Gasteiger partial charge in [0.2, 0.25) is 0 Å². The van der Waals surface area contributed by atoms with E-state index in [0.29, 0.717) is 12.5 Å². The fraction of sp³-hybridized carbons (Fsp3) is 0.632. The maximum Gasteiger partial charge on any atom is 0.191 e. The van der Waals surface area contributed by atoms with E-state index in [0.717, 1.165) is 51.9 Å². The minimum atomic E-state index is 0. The maximum atomic E-state index is 5.40. The van der Waals surface area contributed by atoms with Crippen molar-refractivity contribution in [3.8, 4) is 0 Å². The zero-order valence-electron chi connectivity index (χ0n) is 15.8. The van der Waals surface area contributed by atoms with Gasteiger partial charge in [0.1, 0.15) is 0 Å². The van der Waals surface area contributed by atoms with Gasteiger partial charge >= 0.3 is 0 Å². The Hall–Kier alpha value is -0.860. The molecule has 0 aromatic heterocycles. The predicted molar refractivity (Wildman–Crippen MR) is 116 cm³/mol. The summed E-state index contributed by atoms with van der Waals surface area (Å²) in [6.07, 6.45) is 0. The number of hydrogen-bond acceptors (Lipinski definition) is 3. The summed E-state index contributed by atoms with van der Waals surface area (Å²) in [6.45, 7) is 13.8. The molecule has 0 radical (unpaired) electrons. The molecule has 0 amide bonds. The fourth-order valence-electron chi connectivity index (χ4n) is 2.58. The van der Waals surface area contributed by atoms with Crippen LogP contribution in [0.2, 0.25) is 0 Å². The molecule has 0 spiro atoms. The summed E-state index contributed by atoms with van der Waals surface area (Å²) < 4.78 is 5.40. The third-order valence-corrected chi connectivity index (χ3v) is 3.97. The van der Waals surface area contributed by atoms with E-state index >= 15 is 0 Å². The maximum absolute atomic E-state index is 5.40. The standard InChI is InChI=1S/C19H32N4O.HI/c1-4-20-19(21-13-16(2)3)22-14-17-5-7-18(8-6-17)15-23-9-11-24-12-10-23;/h5-8,16H,4,9-15H2,1-3H3,(H2,20,21,22);1H. The SMILES string of the molecule is CCNC(=NCc1ccc(CN2CCOCC2)cc1)NCC(C)C.I. The molecule has 0 aliphatic carbocycles. The quantitative estimate of drug-likeness (QED) is 0.373. The number of rotatable bonds is 7. The first kappa shape index (κ1) is 22.2. The van der Waals surface area contributed by atoms with Gasteiger partial charge in [-0.25, -0.2) is 4.99 Å². The monoisotopic (exact) mass is 460 g/mol. The molecule has 1 aromatic rings. The molecule has 2 rings (SSSR count). The summed E-state index contributed by atoms with van der Waals surface area (Å²) >= 11 is 0. The number of ether oxygens (including phenoxy) is 1. The highest BCUT2D eigenvalue weighted by atomic mass is 127. The Morgan fingerprint density at radius 3 is 2.36 bits per heavy atom. The first-order valence-corrected chi connectivity index (χ1v) is 9.07. The van der Waals surface area contributed by atoms with Crippen LogP contribution in [0.15, 0.2) is 29.3 Å². The van der Waals surface area contributed by atoms with Crippen LogP contribution in [0.1, 0.15) is 31.9 Å². The molecular formula is C19H33IN4O. The second-order valence-corrected chi connectivity index (χ2v) is 6.67. The van der Waals surface area contributed by atoms with Gasteiger partial charge in [0.25, 0.3) is 0 Å². The summed E-state index contributed by atoms with van der Waals surface area (Å²) in [5.74, 6) is 1.50. The van der Waals surface area contributed by atoms with Crippen LogP contribution in [0.3, 0.4) is 0 Å². The Morgan fingerprint density at radius 1 is 1.12 bits per heavy atom. The van der Waals surface area contributed by atoms with Crippen LogP contribution in [0, 0.1) is 5.92 Å². The van der Waals surface area contributed by atoms with E-state index in [4.69, 9.17) is 4.74 Å². The number of halogens is 1. The molecule has 6 heteroatoms. The molecule has 5 nitrogen and oxygen atoms in total. The van der Waals surface area contributed by atoms with Crippen molar-refractivity contribution in [3.05, 3.63) is 35.4 Å². The number of morpholine rings is 1. The summed E-state index contributed by atoms with van der Waals surface area (Å²) in [4.78, 5) is 7.11. The van der Waals surface area contributed by atoms with E-state index in [1.54, 1.807) is 0 Å². The first-order valence-electron chi connectivity index (χ1n) is 9.07. The van der Waals surface area contributed by atoms with Crippen LogP contribution >= 0.6 is 24.0 Å². The second kappa shape index (κ2) is 12.5. The van der Waals surface area contributed by atoms with E-state index < -0.39 is 0 Å². The van der Waals surface area contributed by atoms with Gasteiger partial charge in [-0.2, -0.15) is 0 Å². The van der Waals surface area contributed by atoms with Gasteiger partial charge < -0.3 is 15.4 Å². The van der Waals surface area contributed by atoms with Crippen LogP contribution in [0.5, 0.6) is 0 Å². The Morgan fingerprint density at radius 2 is 1.76 bits per heavy atom. The third-order valence-electron chi connectivity index (χ3n) is 3.97. The van der Waals surface area contributed by atoms with Gasteiger partial charge in [-0.15, -0.1) is 24.0 Å². The molecule has 1 fully saturated rings. The molecule has 25 heavy (non-hydrogen) atoms. The van der Waals surface area contributed by atoms with Crippen molar-refractivity contribution in [3.63, 3.8) is 0 Å². The predicted octanol–water partition coefficient (Wildman–Crippen LogP) is 2.85. The Labute approximate surface area is 169 Å². The minimum absolute atomic E-state index is 0. The highest BCUT2D eigenvalue weighted by molar-refractivity contribution is 14.0. The number of nitrogens with one attached hydrogen (secondary N) is 2. The second-order valence-electron chi connectivity index (χ2n) is 6.67. The Bertz CT molecular complexity index is 499. The number of nitrogens with zero attached hydrogens (tertiary/aromatic N) is 2. The molecule has 1 aromatic carbocycles. The summed E-state index contributed by atoms with van der Waals surface area (Å²) in [6, 6.07) is 8.81. The molecule has 0 atom stereocenters. The molecule has 1 saturated heterocycles. The molecular weight excluding hydrogens is 427 g/mol. The fourth-order valence-corrected chi connectivity index (χ4v) is 2.58. The average molecular weight is 460 g/mol. The normalized spacial score (nSPS) is 15.8. The molecule has 1 heterocycles. The van der Waals surface area contributed by atoms with Crippen LogP contribution in [0.25, 0.3) is 0 Å². The topological polar surface area (TPSA) is 48.9 Å². The van der Waals surface area contributed by atoms with Gasteiger partial charge in [-0.3, -0.25) is 4.90 Å². The lowest BCUT2D eigenvalue weighted by Crippen LogP contribution is -2.39. The molecule has 1 aliphatic heterocycles. The minimum Gasteiger partial charge on any atom is -0.379 e. The van der Waals surface area contributed by atoms with Gasteiger partial charge in [0.05, 0.1) is 19.8 Å². The first-order chi connectivity index (χ1) is 11.7. The smallest absolute Gasteiger partial charge is 0.191 e. The summed E-state index contributed by atoms with van der Waals surface area (Å²) in [7, 11) is 0. The van der Waals surface area contributed by atoms with Crippen molar-refractivity contribution in [1.29, 1.82) is 0 Å². The van der Waals surface area contributed by atoms with Gasteiger partial charge in [-0.05, 0) is 24.0 Å². The van der Waals surface area contributed by atoms with Crippen LogP contribution < -0.4 is 10.6 Å². The lowest BCUT2D eigenvalue weighted by atomic mass is 10.1. The highest BCUT2D eigenvalue weighted by Crippen LogP contribution is 2.10. The van der Waals surface area contributed by atoms with E-state index in [1.165, 1.54) is 11.1 Å². The van der Waals surface area contributed by atoms with E-state index in [-0.39, 0.29) is 24.0 Å². The van der Waals surface area contributed by atoms with Crippen LogP contribution in [-0.4, -0.2) is 50.3 Å². The molecule has 0 unspecified atom stereocenters. The van der Waals surface area contributed by atoms with Crippen molar-refractivity contribution in [2.75, 3.05) is 39.4 Å². The van der Waals surface area contributed by atoms with Crippen molar-refractivity contribution in [2.45, 2.75) is 33.9 Å². The summed E-state index contributed by atoms with van der Waals surface area (Å²) in [5.41, 5.74) is 2.59. The van der Waals surface area contributed by atoms with E-state index in [2.05, 4.69) is 65.6 Å². The van der Waals surface area contributed by atoms with Crippen LogP contribution in [0.4, 0.5) is 0 Å². The van der Waals surface area contributed by atoms with Crippen molar-refractivity contribution in [2.24, 2.45) is 10.9 Å². The Balaban J connectivity index is 0.00000312. The van der Waals surface area contributed by atoms with Crippen LogP contribution in [-0.2, 0) is 17.8 Å². The third kappa shape index (κ3) is 8.87. The molecule has 2 N–H and O–H groups in total. The highest BCUT2D eigenvalue weighted by Gasteiger charge is 2.10. The lowest BCUT2D eigenvalue weighted by Gasteiger charge is -2.26. The number of guanidine groups is 1.